The molecule has 3 nitrogen and oxygen atoms in total. The molecule has 0 radical (unpaired) electrons. The highest BCUT2D eigenvalue weighted by atomic mass is 35.5. The zero-order chi connectivity index (χ0) is 15.0. The highest BCUT2D eigenvalue weighted by Gasteiger charge is 2.12. The molecule has 1 aromatic carbocycles. The lowest BCUT2D eigenvalue weighted by molar-refractivity contribution is 0.339. The second kappa shape index (κ2) is 8.88. The number of hydrogen-bond acceptors (Lipinski definition) is 3. The minimum Gasteiger partial charge on any atom is -0.497 e. The zero-order valence-corrected chi connectivity index (χ0v) is 13.5. The van der Waals surface area contributed by atoms with Crippen molar-refractivity contribution in [3.8, 4) is 11.5 Å². The molecule has 1 aromatic rings. The number of rotatable bonds is 8. The number of halogens is 1. The van der Waals surface area contributed by atoms with E-state index in [-0.39, 0.29) is 6.04 Å². The largest absolute Gasteiger partial charge is 0.497 e. The van der Waals surface area contributed by atoms with E-state index in [0.717, 1.165) is 35.6 Å². The topological polar surface area (TPSA) is 30.5 Å². The summed E-state index contributed by atoms with van der Waals surface area (Å²) in [6.07, 6.45) is 1.10. The number of benzene rings is 1. The Balaban J connectivity index is 2.91. The number of hydrogen-bond donors (Lipinski definition) is 1. The third kappa shape index (κ3) is 5.06. The maximum Gasteiger partial charge on any atom is 0.128 e. The van der Waals surface area contributed by atoms with Crippen LogP contribution in [0.2, 0.25) is 0 Å². The Kier molecular flexibility index (Phi) is 7.48. The summed E-state index contributed by atoms with van der Waals surface area (Å²) >= 11 is 5.67. The van der Waals surface area contributed by atoms with Crippen LogP contribution in [-0.4, -0.2) is 20.3 Å². The predicted molar refractivity (Wildman–Crippen MR) is 84.8 cm³/mol. The molecule has 0 aliphatic carbocycles. The fourth-order valence-electron chi connectivity index (χ4n) is 1.82. The normalized spacial score (nSPS) is 13.2. The monoisotopic (exact) mass is 297 g/mol. The van der Waals surface area contributed by atoms with Crippen LogP contribution in [0.1, 0.15) is 38.8 Å². The highest BCUT2D eigenvalue weighted by Crippen LogP contribution is 2.30. The van der Waals surface area contributed by atoms with Crippen molar-refractivity contribution in [3.05, 3.63) is 34.9 Å². The first kappa shape index (κ1) is 16.9. The van der Waals surface area contributed by atoms with E-state index < -0.39 is 0 Å². The van der Waals surface area contributed by atoms with E-state index in [2.05, 4.69) is 19.2 Å². The molecule has 0 fully saturated rings. The number of methoxy groups -OCH3 is 1. The average Bonchev–Trinajstić information content (AvgIpc) is 2.49. The van der Waals surface area contributed by atoms with Crippen molar-refractivity contribution in [1.29, 1.82) is 0 Å². The Labute approximate surface area is 126 Å². The summed E-state index contributed by atoms with van der Waals surface area (Å²) in [5.74, 6) is 1.62. The van der Waals surface area contributed by atoms with Gasteiger partial charge in [-0.05, 0) is 38.5 Å². The highest BCUT2D eigenvalue weighted by molar-refractivity contribution is 6.25. The minimum absolute atomic E-state index is 0.233. The quantitative estimate of drug-likeness (QED) is 0.777. The molecule has 0 amide bonds. The molecule has 0 spiro atoms. The van der Waals surface area contributed by atoms with Gasteiger partial charge in [-0.2, -0.15) is 0 Å². The Morgan fingerprint density at radius 1 is 1.45 bits per heavy atom. The summed E-state index contributed by atoms with van der Waals surface area (Å²) in [5, 5.41) is 3.47. The molecule has 112 valence electrons. The van der Waals surface area contributed by atoms with Gasteiger partial charge < -0.3 is 14.8 Å². The predicted octanol–water partition coefficient (Wildman–Crippen LogP) is 4.28. The van der Waals surface area contributed by atoms with E-state index in [9.17, 15) is 0 Å². The van der Waals surface area contributed by atoms with Gasteiger partial charge in [0.1, 0.15) is 18.1 Å². The van der Waals surface area contributed by atoms with Crippen LogP contribution in [0, 0.1) is 0 Å². The smallest absolute Gasteiger partial charge is 0.128 e. The lowest BCUT2D eigenvalue weighted by Crippen LogP contribution is -2.20. The average molecular weight is 298 g/mol. The molecular formula is C16H24ClNO2. The lowest BCUT2D eigenvalue weighted by Gasteiger charge is -2.19. The van der Waals surface area contributed by atoms with Crippen molar-refractivity contribution >= 4 is 11.6 Å². The van der Waals surface area contributed by atoms with Gasteiger partial charge in [-0.3, -0.25) is 0 Å². The van der Waals surface area contributed by atoms with Crippen molar-refractivity contribution in [2.45, 2.75) is 33.2 Å². The van der Waals surface area contributed by atoms with E-state index in [1.165, 1.54) is 0 Å². The summed E-state index contributed by atoms with van der Waals surface area (Å²) < 4.78 is 11.1. The Morgan fingerprint density at radius 3 is 2.80 bits per heavy atom. The van der Waals surface area contributed by atoms with Crippen molar-refractivity contribution in [3.63, 3.8) is 0 Å². The van der Waals surface area contributed by atoms with Crippen molar-refractivity contribution in [2.75, 3.05) is 20.3 Å². The molecule has 1 atom stereocenters. The molecule has 0 aliphatic rings. The molecule has 0 aromatic heterocycles. The third-order valence-electron chi connectivity index (χ3n) is 3.03. The summed E-state index contributed by atoms with van der Waals surface area (Å²) in [6.45, 7) is 7.68. The maximum absolute atomic E-state index is 5.86. The van der Waals surface area contributed by atoms with Gasteiger partial charge in [0.2, 0.25) is 0 Å². The van der Waals surface area contributed by atoms with Gasteiger partial charge >= 0.3 is 0 Å². The summed E-state index contributed by atoms with van der Waals surface area (Å²) in [7, 11) is 1.65. The summed E-state index contributed by atoms with van der Waals surface area (Å²) in [6, 6.07) is 6.15. The van der Waals surface area contributed by atoms with Gasteiger partial charge in [-0.1, -0.05) is 24.6 Å². The fraction of sp³-hybridized carbons (Fsp3) is 0.500. The molecule has 0 aliphatic heterocycles. The molecule has 0 saturated carbocycles. The molecule has 0 bridgehead atoms. The zero-order valence-electron chi connectivity index (χ0n) is 12.7. The Morgan fingerprint density at radius 2 is 2.20 bits per heavy atom. The Bertz CT molecular complexity index is 446. The molecular weight excluding hydrogens is 274 g/mol. The molecule has 20 heavy (non-hydrogen) atoms. The maximum atomic E-state index is 5.86. The van der Waals surface area contributed by atoms with Crippen LogP contribution in [0.5, 0.6) is 11.5 Å². The van der Waals surface area contributed by atoms with Gasteiger partial charge in [-0.15, -0.1) is 0 Å². The Hall–Kier alpha value is -1.19. The molecule has 4 heteroatoms. The number of nitrogens with one attached hydrogen (secondary N) is 1. The van der Waals surface area contributed by atoms with Gasteiger partial charge in [0.05, 0.1) is 7.11 Å². The first-order chi connectivity index (χ1) is 9.62. The minimum atomic E-state index is 0.233. The van der Waals surface area contributed by atoms with E-state index >= 15 is 0 Å². The first-order valence-electron chi connectivity index (χ1n) is 6.92. The van der Waals surface area contributed by atoms with Crippen LogP contribution in [0.25, 0.3) is 0 Å². The summed E-state index contributed by atoms with van der Waals surface area (Å²) in [4.78, 5) is 0. The van der Waals surface area contributed by atoms with E-state index in [1.54, 1.807) is 12.6 Å². The molecule has 1 unspecified atom stereocenters. The molecule has 1 rings (SSSR count). The van der Waals surface area contributed by atoms with Crippen molar-refractivity contribution in [1.82, 2.24) is 5.32 Å². The van der Waals surface area contributed by atoms with Gasteiger partial charge in [0.25, 0.3) is 0 Å². The van der Waals surface area contributed by atoms with Crippen LogP contribution in [0.3, 0.4) is 0 Å². The second-order valence-corrected chi connectivity index (χ2v) is 5.04. The first-order valence-corrected chi connectivity index (χ1v) is 7.36. The van der Waals surface area contributed by atoms with Crippen LogP contribution >= 0.6 is 11.6 Å². The van der Waals surface area contributed by atoms with Gasteiger partial charge in [-0.25, -0.2) is 0 Å². The van der Waals surface area contributed by atoms with Crippen molar-refractivity contribution in [2.24, 2.45) is 0 Å². The van der Waals surface area contributed by atoms with Crippen LogP contribution in [0.4, 0.5) is 0 Å². The van der Waals surface area contributed by atoms with E-state index in [4.69, 9.17) is 21.1 Å². The molecule has 0 heterocycles. The van der Waals surface area contributed by atoms with Crippen LogP contribution < -0.4 is 14.8 Å². The van der Waals surface area contributed by atoms with Gasteiger partial charge in [0.15, 0.2) is 0 Å². The van der Waals surface area contributed by atoms with Crippen molar-refractivity contribution < 1.29 is 9.47 Å². The molecule has 1 N–H and O–H groups in total. The van der Waals surface area contributed by atoms with E-state index in [0.29, 0.717) is 6.61 Å². The lowest BCUT2D eigenvalue weighted by atomic mass is 10.1. The van der Waals surface area contributed by atoms with Crippen LogP contribution in [0.15, 0.2) is 29.3 Å². The molecule has 0 saturated heterocycles. The standard InChI is InChI=1S/C16H24ClNO2/c1-5-8-18-13(3)15-7-6-14(19-4)9-16(15)20-11-12(2)10-17/h6-7,9-10,13,18H,5,8,11H2,1-4H3/b12-10+. The van der Waals surface area contributed by atoms with Gasteiger partial charge in [0, 0.05) is 23.2 Å². The van der Waals surface area contributed by atoms with E-state index in [1.807, 2.05) is 25.1 Å². The number of ether oxygens (including phenoxy) is 2. The summed E-state index contributed by atoms with van der Waals surface area (Å²) in [5.41, 5.74) is 3.65. The second-order valence-electron chi connectivity index (χ2n) is 4.82. The fourth-order valence-corrected chi connectivity index (χ4v) is 1.88. The van der Waals surface area contributed by atoms with Crippen LogP contribution in [-0.2, 0) is 0 Å². The third-order valence-corrected chi connectivity index (χ3v) is 3.40. The SMILES string of the molecule is CCCNC(C)c1ccc(OC)cc1OC/C(C)=C/Cl.